The van der Waals surface area contributed by atoms with Crippen molar-refractivity contribution in [1.29, 1.82) is 0 Å². The van der Waals surface area contributed by atoms with Crippen molar-refractivity contribution in [3.63, 3.8) is 0 Å². The minimum atomic E-state index is -0.987. The van der Waals surface area contributed by atoms with E-state index in [2.05, 4.69) is 10.2 Å². The molecule has 1 atom stereocenters. The largest absolute Gasteiger partial charge is 0.495 e. The van der Waals surface area contributed by atoms with Gasteiger partial charge in [-0.1, -0.05) is 36.6 Å². The number of carbonyl (C=O) groups excluding carboxylic acids is 2. The molecule has 1 N–H and O–H groups in total. The first-order valence-electron chi connectivity index (χ1n) is 13.0. The van der Waals surface area contributed by atoms with Crippen LogP contribution < -0.4 is 19.9 Å². The van der Waals surface area contributed by atoms with Crippen molar-refractivity contribution < 1.29 is 23.5 Å². The fraction of sp³-hybridized carbons (Fsp3) is 0.379. The van der Waals surface area contributed by atoms with E-state index in [0.29, 0.717) is 35.2 Å². The highest BCUT2D eigenvalue weighted by Gasteiger charge is 2.37. The lowest BCUT2D eigenvalue weighted by Gasteiger charge is -2.33. The van der Waals surface area contributed by atoms with Crippen molar-refractivity contribution in [3.8, 4) is 5.75 Å². The van der Waals surface area contributed by atoms with Crippen molar-refractivity contribution in [1.82, 2.24) is 5.32 Å². The van der Waals surface area contributed by atoms with Crippen LogP contribution in [-0.4, -0.2) is 51.3 Å². The third-order valence-corrected chi connectivity index (χ3v) is 7.38. The number of carbonyl (C=O) groups is 2. The van der Waals surface area contributed by atoms with Crippen LogP contribution in [0.4, 0.5) is 11.4 Å². The Morgan fingerprint density at radius 1 is 1.08 bits per heavy atom. The summed E-state index contributed by atoms with van der Waals surface area (Å²) < 4.78 is 16.6. The second-order valence-corrected chi connectivity index (χ2v) is 9.99. The summed E-state index contributed by atoms with van der Waals surface area (Å²) in [6, 6.07) is 15.1. The Hall–Kier alpha value is -3.49. The zero-order valence-corrected chi connectivity index (χ0v) is 22.2. The number of amides is 2. The van der Waals surface area contributed by atoms with Crippen LogP contribution >= 0.6 is 11.6 Å². The molecule has 8 nitrogen and oxygen atoms in total. The second-order valence-electron chi connectivity index (χ2n) is 9.55. The van der Waals surface area contributed by atoms with E-state index in [9.17, 15) is 9.59 Å². The molecule has 200 valence electrons. The molecule has 5 rings (SSSR count). The van der Waals surface area contributed by atoms with Gasteiger partial charge in [0, 0.05) is 29.8 Å². The van der Waals surface area contributed by atoms with Crippen LogP contribution in [0.5, 0.6) is 5.75 Å². The van der Waals surface area contributed by atoms with Crippen molar-refractivity contribution in [2.75, 3.05) is 43.2 Å². The van der Waals surface area contributed by atoms with Gasteiger partial charge in [0.25, 0.3) is 5.91 Å². The molecular formula is C29H32ClN3O5. The molecule has 1 saturated carbocycles. The maximum Gasteiger partial charge on any atom is 0.295 e. The van der Waals surface area contributed by atoms with Crippen molar-refractivity contribution in [2.45, 2.75) is 37.8 Å². The van der Waals surface area contributed by atoms with Gasteiger partial charge < -0.3 is 24.1 Å². The molecule has 3 aromatic rings. The van der Waals surface area contributed by atoms with E-state index in [4.69, 9.17) is 25.5 Å². The lowest BCUT2D eigenvalue weighted by Crippen LogP contribution is -2.46. The Morgan fingerprint density at radius 3 is 2.47 bits per heavy atom. The number of nitrogens with zero attached hydrogens (tertiary/aromatic N) is 2. The molecule has 2 amide bonds. The predicted molar refractivity (Wildman–Crippen MR) is 146 cm³/mol. The summed E-state index contributed by atoms with van der Waals surface area (Å²) in [5.74, 6) is -0.217. The number of halogens is 1. The molecule has 9 heteroatoms. The Kier molecular flexibility index (Phi) is 8.20. The number of ether oxygens (including phenoxy) is 2. The van der Waals surface area contributed by atoms with E-state index in [0.717, 1.165) is 44.5 Å². The van der Waals surface area contributed by atoms with Crippen LogP contribution in [0.2, 0.25) is 5.02 Å². The molecule has 1 saturated heterocycles. The minimum Gasteiger partial charge on any atom is -0.495 e. The van der Waals surface area contributed by atoms with E-state index in [-0.39, 0.29) is 17.7 Å². The molecule has 0 bridgehead atoms. The molecule has 1 aliphatic carbocycles. The lowest BCUT2D eigenvalue weighted by atomic mass is 10.0. The minimum absolute atomic E-state index is 0.0689. The number of benzene rings is 2. The standard InChI is InChI=1S/C29H32ClN3O5/c1-36-25-13-10-21(30)19-24(25)33(29(35)26-7-4-16-38-26)27(28(34)31-22-5-2-3-6-22)20-8-11-23(12-9-20)32-14-17-37-18-15-32/h4,7-13,16,19,22,27H,2-3,5-6,14-15,17-18H2,1H3,(H,31,34)/t27-/m1/s1. The molecule has 2 aliphatic rings. The summed E-state index contributed by atoms with van der Waals surface area (Å²) in [4.78, 5) is 31.7. The first-order valence-corrected chi connectivity index (χ1v) is 13.4. The highest BCUT2D eigenvalue weighted by Crippen LogP contribution is 2.38. The summed E-state index contributed by atoms with van der Waals surface area (Å²) in [6.07, 6.45) is 5.41. The van der Waals surface area contributed by atoms with E-state index in [1.54, 1.807) is 30.3 Å². The molecule has 2 fully saturated rings. The number of hydrogen-bond acceptors (Lipinski definition) is 6. The van der Waals surface area contributed by atoms with Gasteiger partial charge in [-0.05, 0) is 60.9 Å². The molecule has 1 aliphatic heterocycles. The number of rotatable bonds is 8. The number of anilines is 2. The topological polar surface area (TPSA) is 84.2 Å². The third kappa shape index (κ3) is 5.66. The van der Waals surface area contributed by atoms with Gasteiger partial charge in [0.2, 0.25) is 5.91 Å². The first kappa shape index (κ1) is 26.1. The van der Waals surface area contributed by atoms with Crippen LogP contribution in [0.3, 0.4) is 0 Å². The third-order valence-electron chi connectivity index (χ3n) is 7.14. The van der Waals surface area contributed by atoms with Crippen LogP contribution in [-0.2, 0) is 9.53 Å². The average Bonchev–Trinajstić information content (AvgIpc) is 3.67. The summed E-state index contributed by atoms with van der Waals surface area (Å²) >= 11 is 6.39. The second kappa shape index (κ2) is 11.9. The van der Waals surface area contributed by atoms with Crippen LogP contribution in [0, 0.1) is 0 Å². The van der Waals surface area contributed by atoms with Crippen molar-refractivity contribution >= 4 is 34.8 Å². The number of nitrogens with one attached hydrogen (secondary N) is 1. The van der Waals surface area contributed by atoms with Gasteiger partial charge in [-0.15, -0.1) is 0 Å². The first-order chi connectivity index (χ1) is 18.5. The Labute approximate surface area is 227 Å². The number of morpholine rings is 1. The lowest BCUT2D eigenvalue weighted by molar-refractivity contribution is -0.123. The predicted octanol–water partition coefficient (Wildman–Crippen LogP) is 5.23. The van der Waals surface area contributed by atoms with Crippen LogP contribution in [0.1, 0.15) is 47.8 Å². The molecule has 38 heavy (non-hydrogen) atoms. The van der Waals surface area contributed by atoms with Gasteiger partial charge in [0.15, 0.2) is 5.76 Å². The van der Waals surface area contributed by atoms with E-state index >= 15 is 0 Å². The number of furan rings is 1. The SMILES string of the molecule is COc1ccc(Cl)cc1N(C(=O)c1ccco1)[C@@H](C(=O)NC1CCCC1)c1ccc(N2CCOCC2)cc1. The normalized spacial score (nSPS) is 16.7. The molecule has 1 aromatic heterocycles. The summed E-state index contributed by atoms with van der Waals surface area (Å²) in [6.45, 7) is 2.95. The maximum atomic E-state index is 14.0. The Morgan fingerprint density at radius 2 is 1.82 bits per heavy atom. The van der Waals surface area contributed by atoms with Gasteiger partial charge >= 0.3 is 0 Å². The van der Waals surface area contributed by atoms with E-state index < -0.39 is 11.9 Å². The van der Waals surface area contributed by atoms with Crippen LogP contribution in [0.15, 0.2) is 65.3 Å². The highest BCUT2D eigenvalue weighted by atomic mass is 35.5. The van der Waals surface area contributed by atoms with Gasteiger partial charge in [-0.25, -0.2) is 0 Å². The van der Waals surface area contributed by atoms with E-state index in [1.165, 1.54) is 18.3 Å². The fourth-order valence-corrected chi connectivity index (χ4v) is 5.36. The number of hydrogen-bond donors (Lipinski definition) is 1. The maximum absolute atomic E-state index is 14.0. The Balaban J connectivity index is 1.59. The molecule has 0 radical (unpaired) electrons. The molecule has 2 heterocycles. The quantitative estimate of drug-likeness (QED) is 0.424. The Bertz CT molecular complexity index is 1240. The fourth-order valence-electron chi connectivity index (χ4n) is 5.19. The number of methoxy groups -OCH3 is 1. The molecule has 0 unspecified atom stereocenters. The van der Waals surface area contributed by atoms with E-state index in [1.807, 2.05) is 24.3 Å². The smallest absolute Gasteiger partial charge is 0.295 e. The summed E-state index contributed by atoms with van der Waals surface area (Å²) in [7, 11) is 1.52. The van der Waals surface area contributed by atoms with Gasteiger partial charge in [-0.2, -0.15) is 0 Å². The van der Waals surface area contributed by atoms with Gasteiger partial charge in [0.05, 0.1) is 32.3 Å². The zero-order chi connectivity index (χ0) is 26.5. The zero-order valence-electron chi connectivity index (χ0n) is 21.4. The highest BCUT2D eigenvalue weighted by molar-refractivity contribution is 6.31. The van der Waals surface area contributed by atoms with Gasteiger partial charge in [-0.3, -0.25) is 14.5 Å². The molecule has 2 aromatic carbocycles. The monoisotopic (exact) mass is 537 g/mol. The molecule has 0 spiro atoms. The van der Waals surface area contributed by atoms with Crippen LogP contribution in [0.25, 0.3) is 0 Å². The van der Waals surface area contributed by atoms with Crippen molar-refractivity contribution in [3.05, 3.63) is 77.2 Å². The summed E-state index contributed by atoms with van der Waals surface area (Å²) in [5.41, 5.74) is 2.08. The van der Waals surface area contributed by atoms with Crippen molar-refractivity contribution in [2.24, 2.45) is 0 Å². The molecular weight excluding hydrogens is 506 g/mol. The average molecular weight is 538 g/mol. The van der Waals surface area contributed by atoms with Gasteiger partial charge in [0.1, 0.15) is 11.8 Å². The summed E-state index contributed by atoms with van der Waals surface area (Å²) in [5, 5.41) is 3.61.